The normalized spacial score (nSPS) is 11.0. The van der Waals surface area contributed by atoms with Crippen molar-refractivity contribution in [2.45, 2.75) is 77.6 Å². The van der Waals surface area contributed by atoms with Gasteiger partial charge in [0.25, 0.3) is 0 Å². The molecule has 2 N–H and O–H groups in total. The van der Waals surface area contributed by atoms with E-state index in [1.165, 1.54) is 0 Å². The standard InChI is InChI=1S/C18H30O4/c1-2-3-4-9-12-16-17(20)14-15(22-18(16)21)11-8-6-5-7-10-13-19/h14,19-20H,2-13H2,1H3. The highest BCUT2D eigenvalue weighted by atomic mass is 16.4. The number of hydrogen-bond acceptors (Lipinski definition) is 4. The highest BCUT2D eigenvalue weighted by Gasteiger charge is 2.10. The van der Waals surface area contributed by atoms with Crippen LogP contribution in [0.5, 0.6) is 5.75 Å². The number of rotatable bonds is 12. The largest absolute Gasteiger partial charge is 0.507 e. The topological polar surface area (TPSA) is 70.7 Å². The molecule has 4 heteroatoms. The van der Waals surface area contributed by atoms with E-state index in [4.69, 9.17) is 9.52 Å². The molecule has 1 heterocycles. The highest BCUT2D eigenvalue weighted by Crippen LogP contribution is 2.19. The lowest BCUT2D eigenvalue weighted by Gasteiger charge is -2.06. The van der Waals surface area contributed by atoms with Crippen LogP contribution >= 0.6 is 0 Å². The van der Waals surface area contributed by atoms with Crippen molar-refractivity contribution in [2.24, 2.45) is 0 Å². The number of aliphatic hydroxyl groups excluding tert-OH is 1. The molecule has 0 fully saturated rings. The van der Waals surface area contributed by atoms with Crippen molar-refractivity contribution in [3.63, 3.8) is 0 Å². The zero-order chi connectivity index (χ0) is 16.2. The van der Waals surface area contributed by atoms with Crippen LogP contribution in [0.1, 0.15) is 76.0 Å². The first kappa shape index (κ1) is 18.8. The monoisotopic (exact) mass is 310 g/mol. The van der Waals surface area contributed by atoms with Crippen molar-refractivity contribution in [3.05, 3.63) is 27.8 Å². The van der Waals surface area contributed by atoms with E-state index in [9.17, 15) is 9.90 Å². The van der Waals surface area contributed by atoms with Crippen LogP contribution in [0, 0.1) is 0 Å². The van der Waals surface area contributed by atoms with E-state index < -0.39 is 0 Å². The van der Waals surface area contributed by atoms with Gasteiger partial charge < -0.3 is 14.6 Å². The smallest absolute Gasteiger partial charge is 0.342 e. The van der Waals surface area contributed by atoms with Gasteiger partial charge in [0, 0.05) is 19.1 Å². The van der Waals surface area contributed by atoms with Gasteiger partial charge in [-0.25, -0.2) is 4.79 Å². The van der Waals surface area contributed by atoms with E-state index in [0.29, 0.717) is 24.2 Å². The molecule has 0 atom stereocenters. The molecule has 0 saturated carbocycles. The quantitative estimate of drug-likeness (QED) is 0.573. The predicted molar refractivity (Wildman–Crippen MR) is 88.4 cm³/mol. The molecule has 4 nitrogen and oxygen atoms in total. The van der Waals surface area contributed by atoms with E-state index >= 15 is 0 Å². The van der Waals surface area contributed by atoms with Gasteiger partial charge in [0.05, 0.1) is 5.56 Å². The lowest BCUT2D eigenvalue weighted by atomic mass is 10.1. The van der Waals surface area contributed by atoms with Crippen molar-refractivity contribution in [1.82, 2.24) is 0 Å². The molecule has 0 aliphatic carbocycles. The summed E-state index contributed by atoms with van der Waals surface area (Å²) in [7, 11) is 0. The number of hydrogen-bond donors (Lipinski definition) is 2. The summed E-state index contributed by atoms with van der Waals surface area (Å²) >= 11 is 0. The molecule has 0 aliphatic rings. The lowest BCUT2D eigenvalue weighted by Crippen LogP contribution is -2.09. The first-order valence-corrected chi connectivity index (χ1v) is 8.64. The zero-order valence-electron chi connectivity index (χ0n) is 13.8. The van der Waals surface area contributed by atoms with Gasteiger partial charge in [-0.2, -0.15) is 0 Å². The van der Waals surface area contributed by atoms with Crippen LogP contribution in [0.15, 0.2) is 15.3 Å². The SMILES string of the molecule is CCCCCCc1c(O)cc(CCCCCCCO)oc1=O. The molecule has 1 rings (SSSR count). The Morgan fingerprint density at radius 3 is 2.27 bits per heavy atom. The van der Waals surface area contributed by atoms with Crippen molar-refractivity contribution >= 4 is 0 Å². The number of aliphatic hydroxyl groups is 1. The Morgan fingerprint density at radius 2 is 1.59 bits per heavy atom. The molecule has 1 aromatic heterocycles. The maximum Gasteiger partial charge on any atom is 0.342 e. The fourth-order valence-electron chi connectivity index (χ4n) is 2.58. The second-order valence-electron chi connectivity index (χ2n) is 5.92. The molecule has 0 unspecified atom stereocenters. The van der Waals surface area contributed by atoms with Crippen molar-refractivity contribution in [2.75, 3.05) is 6.61 Å². The molecular weight excluding hydrogens is 280 g/mol. The Morgan fingerprint density at radius 1 is 0.955 bits per heavy atom. The molecule has 0 spiro atoms. The molecule has 126 valence electrons. The predicted octanol–water partition coefficient (Wildman–Crippen LogP) is 3.95. The Kier molecular flexibility index (Phi) is 9.64. The Bertz CT molecular complexity index is 465. The van der Waals surface area contributed by atoms with Gasteiger partial charge in [-0.1, -0.05) is 45.4 Å². The number of unbranched alkanes of at least 4 members (excludes halogenated alkanes) is 7. The van der Waals surface area contributed by atoms with Crippen LogP contribution in [0.2, 0.25) is 0 Å². The second kappa shape index (κ2) is 11.3. The summed E-state index contributed by atoms with van der Waals surface area (Å²) in [4.78, 5) is 11.9. The number of aromatic hydroxyl groups is 1. The second-order valence-corrected chi connectivity index (χ2v) is 5.92. The maximum absolute atomic E-state index is 11.9. The Labute approximate surface area is 133 Å². The molecule has 0 saturated heterocycles. The van der Waals surface area contributed by atoms with E-state index in [0.717, 1.165) is 57.8 Å². The van der Waals surface area contributed by atoms with Gasteiger partial charge in [0.2, 0.25) is 0 Å². The van der Waals surface area contributed by atoms with Gasteiger partial charge >= 0.3 is 5.63 Å². The van der Waals surface area contributed by atoms with Crippen LogP contribution in [-0.4, -0.2) is 16.8 Å². The summed E-state index contributed by atoms with van der Waals surface area (Å²) in [6, 6.07) is 1.60. The average molecular weight is 310 g/mol. The molecular formula is C18H30O4. The third-order valence-electron chi connectivity index (χ3n) is 3.94. The van der Waals surface area contributed by atoms with Gasteiger partial charge in [-0.05, 0) is 25.7 Å². The molecule has 0 amide bonds. The third kappa shape index (κ3) is 7.12. The van der Waals surface area contributed by atoms with Crippen molar-refractivity contribution in [3.8, 4) is 5.75 Å². The highest BCUT2D eigenvalue weighted by molar-refractivity contribution is 5.30. The van der Waals surface area contributed by atoms with E-state index in [2.05, 4.69) is 6.92 Å². The van der Waals surface area contributed by atoms with Gasteiger partial charge in [-0.15, -0.1) is 0 Å². The first-order valence-electron chi connectivity index (χ1n) is 8.64. The molecule has 1 aromatic rings. The van der Waals surface area contributed by atoms with Crippen LogP contribution in [0.3, 0.4) is 0 Å². The first-order chi connectivity index (χ1) is 10.7. The summed E-state index contributed by atoms with van der Waals surface area (Å²) in [5, 5.41) is 18.7. The average Bonchev–Trinajstić information content (AvgIpc) is 2.49. The number of aryl methyl sites for hydroxylation is 1. The molecule has 0 bridgehead atoms. The van der Waals surface area contributed by atoms with Gasteiger partial charge in [0.15, 0.2) is 0 Å². The molecule has 0 aromatic carbocycles. The molecule has 0 radical (unpaired) electrons. The van der Waals surface area contributed by atoms with Gasteiger partial charge in [-0.3, -0.25) is 0 Å². The molecule has 0 aliphatic heterocycles. The summed E-state index contributed by atoms with van der Waals surface area (Å²) in [6.45, 7) is 2.40. The Balaban J connectivity index is 2.42. The summed E-state index contributed by atoms with van der Waals surface area (Å²) in [5.41, 5.74) is 0.0366. The fraction of sp³-hybridized carbons (Fsp3) is 0.722. The lowest BCUT2D eigenvalue weighted by molar-refractivity contribution is 0.282. The Hall–Kier alpha value is -1.29. The maximum atomic E-state index is 11.9. The third-order valence-corrected chi connectivity index (χ3v) is 3.94. The summed E-state index contributed by atoms with van der Waals surface area (Å²) in [6.07, 6.45) is 10.5. The van der Waals surface area contributed by atoms with Crippen LogP contribution in [0.4, 0.5) is 0 Å². The van der Waals surface area contributed by atoms with Crippen molar-refractivity contribution < 1.29 is 14.6 Å². The van der Waals surface area contributed by atoms with Crippen LogP contribution < -0.4 is 5.63 Å². The van der Waals surface area contributed by atoms with E-state index in [1.54, 1.807) is 6.07 Å². The van der Waals surface area contributed by atoms with Gasteiger partial charge in [0.1, 0.15) is 11.5 Å². The van der Waals surface area contributed by atoms with Crippen LogP contribution in [-0.2, 0) is 12.8 Å². The summed E-state index contributed by atoms with van der Waals surface area (Å²) in [5.74, 6) is 0.657. The van der Waals surface area contributed by atoms with E-state index in [1.807, 2.05) is 0 Å². The fourth-order valence-corrected chi connectivity index (χ4v) is 2.58. The molecule has 22 heavy (non-hydrogen) atoms. The minimum absolute atomic E-state index is 0.0861. The van der Waals surface area contributed by atoms with E-state index in [-0.39, 0.29) is 18.0 Å². The minimum atomic E-state index is -0.383. The van der Waals surface area contributed by atoms with Crippen LogP contribution in [0.25, 0.3) is 0 Å². The minimum Gasteiger partial charge on any atom is -0.507 e. The zero-order valence-corrected chi connectivity index (χ0v) is 13.8. The van der Waals surface area contributed by atoms with Crippen molar-refractivity contribution in [1.29, 1.82) is 0 Å². The summed E-state index contributed by atoms with van der Waals surface area (Å²) < 4.78 is 5.32.